The predicted molar refractivity (Wildman–Crippen MR) is 130 cm³/mol. The first-order valence-corrected chi connectivity index (χ1v) is 11.3. The average Bonchev–Trinajstić information content (AvgIpc) is 2.83. The summed E-state index contributed by atoms with van der Waals surface area (Å²) in [7, 11) is 1.48. The maximum atomic E-state index is 12.8. The number of methoxy groups -OCH3 is 1. The number of amides is 1. The first kappa shape index (κ1) is 23.9. The van der Waals surface area contributed by atoms with Crippen LogP contribution in [0.4, 0.5) is 5.69 Å². The summed E-state index contributed by atoms with van der Waals surface area (Å²) in [4.78, 5) is 25.2. The van der Waals surface area contributed by atoms with E-state index in [1.165, 1.54) is 7.11 Å². The van der Waals surface area contributed by atoms with Crippen LogP contribution < -0.4 is 20.5 Å². The molecule has 35 heavy (non-hydrogen) atoms. The molecule has 2 aromatic carbocycles. The molecule has 4 rings (SSSR count). The van der Waals surface area contributed by atoms with Crippen LogP contribution in [-0.2, 0) is 14.3 Å². The molecule has 0 unspecified atom stereocenters. The van der Waals surface area contributed by atoms with Gasteiger partial charge >= 0.3 is 0 Å². The zero-order valence-electron chi connectivity index (χ0n) is 19.9. The third-order valence-electron chi connectivity index (χ3n) is 6.14. The van der Waals surface area contributed by atoms with Crippen molar-refractivity contribution in [2.45, 2.75) is 39.0 Å². The third-order valence-corrected chi connectivity index (χ3v) is 6.14. The Kier molecular flexibility index (Phi) is 6.78. The molecular weight excluding hydrogens is 446 g/mol. The number of anilines is 1. The van der Waals surface area contributed by atoms with Crippen LogP contribution in [0.5, 0.6) is 11.5 Å². The molecule has 3 N–H and O–H groups in total. The van der Waals surface area contributed by atoms with Crippen LogP contribution in [0, 0.1) is 25.2 Å². The zero-order chi connectivity index (χ0) is 25.1. The highest BCUT2D eigenvalue weighted by molar-refractivity contribution is 5.99. The van der Waals surface area contributed by atoms with Crippen molar-refractivity contribution in [3.63, 3.8) is 0 Å². The van der Waals surface area contributed by atoms with Crippen LogP contribution in [-0.4, -0.2) is 25.4 Å². The first-order chi connectivity index (χ1) is 16.8. The summed E-state index contributed by atoms with van der Waals surface area (Å²) >= 11 is 0. The average molecular weight is 474 g/mol. The summed E-state index contributed by atoms with van der Waals surface area (Å²) in [6.07, 6.45) is 1.66. The maximum Gasteiger partial charge on any atom is 0.262 e. The van der Waals surface area contributed by atoms with Gasteiger partial charge in [-0.1, -0.05) is 23.8 Å². The Hall–Kier alpha value is -4.25. The summed E-state index contributed by atoms with van der Waals surface area (Å²) in [6, 6.07) is 13.0. The number of allylic oxidation sites excluding steroid dienone is 3. The Morgan fingerprint density at radius 3 is 2.71 bits per heavy atom. The summed E-state index contributed by atoms with van der Waals surface area (Å²) in [6.45, 7) is 3.70. The van der Waals surface area contributed by atoms with Gasteiger partial charge in [0.05, 0.1) is 13.0 Å². The van der Waals surface area contributed by atoms with E-state index in [1.54, 1.807) is 18.2 Å². The van der Waals surface area contributed by atoms with E-state index in [9.17, 15) is 14.9 Å². The number of ketones is 1. The quantitative estimate of drug-likeness (QED) is 0.646. The first-order valence-electron chi connectivity index (χ1n) is 11.3. The fourth-order valence-corrected chi connectivity index (χ4v) is 4.46. The Balaban J connectivity index is 1.56. The van der Waals surface area contributed by atoms with Crippen LogP contribution in [0.2, 0.25) is 0 Å². The highest BCUT2D eigenvalue weighted by Crippen LogP contribution is 2.45. The second-order valence-corrected chi connectivity index (χ2v) is 8.60. The zero-order valence-corrected chi connectivity index (χ0v) is 19.9. The Bertz CT molecular complexity index is 1300. The number of rotatable bonds is 6. The summed E-state index contributed by atoms with van der Waals surface area (Å²) in [5.41, 5.74) is 10.1. The molecule has 1 heterocycles. The Morgan fingerprint density at radius 1 is 1.20 bits per heavy atom. The van der Waals surface area contributed by atoms with Crippen LogP contribution in [0.15, 0.2) is 59.2 Å². The molecule has 2 aliphatic rings. The van der Waals surface area contributed by atoms with E-state index in [2.05, 4.69) is 11.4 Å². The van der Waals surface area contributed by atoms with Crippen LogP contribution in [0.1, 0.15) is 41.9 Å². The fourth-order valence-electron chi connectivity index (χ4n) is 4.46. The lowest BCUT2D eigenvalue weighted by atomic mass is 9.77. The Morgan fingerprint density at radius 2 is 2.00 bits per heavy atom. The van der Waals surface area contributed by atoms with Crippen molar-refractivity contribution in [3.8, 4) is 17.6 Å². The highest BCUT2D eigenvalue weighted by atomic mass is 16.5. The van der Waals surface area contributed by atoms with Gasteiger partial charge in [-0.05, 0) is 49.6 Å². The molecule has 8 nitrogen and oxygen atoms in total. The molecule has 1 aliphatic heterocycles. The lowest BCUT2D eigenvalue weighted by Crippen LogP contribution is -2.27. The van der Waals surface area contributed by atoms with E-state index in [-0.39, 0.29) is 29.8 Å². The largest absolute Gasteiger partial charge is 0.493 e. The summed E-state index contributed by atoms with van der Waals surface area (Å²) in [5, 5.41) is 12.6. The van der Waals surface area contributed by atoms with Crippen molar-refractivity contribution >= 4 is 17.4 Å². The monoisotopic (exact) mass is 473 g/mol. The van der Waals surface area contributed by atoms with Gasteiger partial charge in [0.2, 0.25) is 5.88 Å². The lowest BCUT2D eigenvalue weighted by Gasteiger charge is -2.31. The summed E-state index contributed by atoms with van der Waals surface area (Å²) < 4.78 is 16.8. The number of carbonyl (C=O) groups excluding carboxylic acids is 2. The molecule has 2 aromatic rings. The van der Waals surface area contributed by atoms with E-state index < -0.39 is 5.92 Å². The van der Waals surface area contributed by atoms with E-state index in [0.29, 0.717) is 47.7 Å². The molecule has 1 aliphatic carbocycles. The standard InChI is InChI=1S/C27H27N3O5/c1-15-7-9-19(16(2)11-15)30-24(32)14-34-21-10-8-17(12-23(21)33-3)25-18(13-28)27(29)35-22-6-4-5-20(31)26(22)25/h7-12,25H,4-6,14,29H2,1-3H3,(H,30,32)/t25-/m1/s1. The minimum atomic E-state index is -0.646. The van der Waals surface area contributed by atoms with Gasteiger partial charge in [-0.15, -0.1) is 0 Å². The van der Waals surface area contributed by atoms with Gasteiger partial charge < -0.3 is 25.3 Å². The van der Waals surface area contributed by atoms with Crippen LogP contribution >= 0.6 is 0 Å². The number of carbonyl (C=O) groups is 2. The van der Waals surface area contributed by atoms with Crippen molar-refractivity contribution in [1.82, 2.24) is 0 Å². The van der Waals surface area contributed by atoms with Gasteiger partial charge in [0.1, 0.15) is 17.4 Å². The number of hydrogen-bond acceptors (Lipinski definition) is 7. The van der Waals surface area contributed by atoms with Crippen molar-refractivity contribution in [1.29, 1.82) is 5.26 Å². The highest BCUT2D eigenvalue weighted by Gasteiger charge is 2.38. The van der Waals surface area contributed by atoms with E-state index in [1.807, 2.05) is 32.0 Å². The number of nitriles is 1. The van der Waals surface area contributed by atoms with Gasteiger partial charge in [-0.25, -0.2) is 0 Å². The van der Waals surface area contributed by atoms with Gasteiger partial charge in [-0.2, -0.15) is 5.26 Å². The van der Waals surface area contributed by atoms with Crippen molar-refractivity contribution in [2.24, 2.45) is 5.73 Å². The molecule has 0 saturated heterocycles. The van der Waals surface area contributed by atoms with Gasteiger partial charge in [0.15, 0.2) is 23.9 Å². The predicted octanol–water partition coefficient (Wildman–Crippen LogP) is 4.14. The number of hydrogen-bond donors (Lipinski definition) is 2. The molecule has 0 radical (unpaired) electrons. The molecule has 0 saturated carbocycles. The fraction of sp³-hybridized carbons (Fsp3) is 0.296. The van der Waals surface area contributed by atoms with E-state index >= 15 is 0 Å². The molecule has 0 aromatic heterocycles. The summed E-state index contributed by atoms with van der Waals surface area (Å²) in [5.74, 6) is 0.246. The lowest BCUT2D eigenvalue weighted by molar-refractivity contribution is -0.118. The molecule has 0 fully saturated rings. The smallest absolute Gasteiger partial charge is 0.262 e. The van der Waals surface area contributed by atoms with Crippen molar-refractivity contribution < 1.29 is 23.8 Å². The van der Waals surface area contributed by atoms with Crippen LogP contribution in [0.25, 0.3) is 0 Å². The van der Waals surface area contributed by atoms with Gasteiger partial charge in [-0.3, -0.25) is 9.59 Å². The van der Waals surface area contributed by atoms with E-state index in [0.717, 1.165) is 16.8 Å². The molecule has 0 bridgehead atoms. The van der Waals surface area contributed by atoms with Crippen molar-refractivity contribution in [2.75, 3.05) is 19.0 Å². The Labute approximate surface area is 204 Å². The number of nitrogens with one attached hydrogen (secondary N) is 1. The molecule has 8 heteroatoms. The number of nitrogens with two attached hydrogens (primary N) is 1. The number of benzene rings is 2. The van der Waals surface area contributed by atoms with Gasteiger partial charge in [0.25, 0.3) is 5.91 Å². The normalized spacial score (nSPS) is 17.3. The number of Topliss-reactive ketones (excluding diaryl/α,β-unsaturated/α-hetero) is 1. The molecule has 1 amide bonds. The molecule has 1 atom stereocenters. The van der Waals surface area contributed by atoms with E-state index in [4.69, 9.17) is 19.9 Å². The van der Waals surface area contributed by atoms with Gasteiger partial charge in [0, 0.05) is 24.1 Å². The molecular formula is C27H27N3O5. The SMILES string of the molecule is COc1cc([C@@H]2C(C#N)=C(N)OC3=C2C(=O)CCC3)ccc1OCC(=O)Nc1ccc(C)cc1C. The number of nitrogens with zero attached hydrogens (tertiary/aromatic N) is 1. The molecule has 0 spiro atoms. The topological polar surface area (TPSA) is 124 Å². The molecule has 180 valence electrons. The maximum absolute atomic E-state index is 12.8. The second-order valence-electron chi connectivity index (χ2n) is 8.60. The number of aryl methyl sites for hydroxylation is 2. The second kappa shape index (κ2) is 9.94. The van der Waals surface area contributed by atoms with Crippen molar-refractivity contribution in [3.05, 3.63) is 75.9 Å². The number of ether oxygens (including phenoxy) is 3. The minimum Gasteiger partial charge on any atom is -0.493 e. The third kappa shape index (κ3) is 4.85. The minimum absolute atomic E-state index is 0.00770. The van der Waals surface area contributed by atoms with Crippen LogP contribution in [0.3, 0.4) is 0 Å².